The molecular formula is C22H23N3O5. The Hall–Kier alpha value is -3.39. The number of hydrogen-bond acceptors (Lipinski definition) is 7. The largest absolute Gasteiger partial charge is 0.493 e. The number of aromatic nitrogens is 3. The summed E-state index contributed by atoms with van der Waals surface area (Å²) in [6.07, 6.45) is 3.15. The van der Waals surface area contributed by atoms with Gasteiger partial charge in [0.1, 0.15) is 22.8 Å². The first-order chi connectivity index (χ1) is 14.6. The molecule has 0 unspecified atom stereocenters. The third-order valence-electron chi connectivity index (χ3n) is 4.97. The molecule has 0 aliphatic carbocycles. The second-order valence-corrected chi connectivity index (χ2v) is 7.01. The van der Waals surface area contributed by atoms with Gasteiger partial charge in [-0.05, 0) is 17.2 Å². The number of aryl methyl sites for hydroxylation is 1. The monoisotopic (exact) mass is 409 g/mol. The summed E-state index contributed by atoms with van der Waals surface area (Å²) < 4.78 is 23.3. The van der Waals surface area contributed by atoms with Crippen LogP contribution in [0.2, 0.25) is 0 Å². The smallest absolute Gasteiger partial charge is 0.341 e. The lowest BCUT2D eigenvalue weighted by atomic mass is 9.96. The van der Waals surface area contributed by atoms with Gasteiger partial charge in [0.2, 0.25) is 0 Å². The molecule has 0 saturated heterocycles. The topological polar surface area (TPSA) is 84.7 Å². The maximum Gasteiger partial charge on any atom is 0.341 e. The highest BCUT2D eigenvalue weighted by molar-refractivity contribution is 5.94. The third-order valence-corrected chi connectivity index (χ3v) is 4.97. The van der Waals surface area contributed by atoms with Crippen LogP contribution in [0.4, 0.5) is 0 Å². The standard InChI is InChI=1S/C22H23N3O5/c1-25-12-19(23-24-25)15-6-4-14(5-7-15)10-16-11-18(22(26)28-3)21(30-13-27-2)17-8-9-29-20(16)17/h4-7,11-12H,8-10,13H2,1-3H3. The average molecular weight is 409 g/mol. The van der Waals surface area contributed by atoms with Gasteiger partial charge in [0.05, 0.1) is 19.9 Å². The summed E-state index contributed by atoms with van der Waals surface area (Å²) in [5, 5.41) is 8.11. The van der Waals surface area contributed by atoms with E-state index in [2.05, 4.69) is 10.3 Å². The summed E-state index contributed by atoms with van der Waals surface area (Å²) in [5.74, 6) is 0.791. The van der Waals surface area contributed by atoms with Crippen molar-refractivity contribution < 1.29 is 23.7 Å². The molecule has 4 rings (SSSR count). The molecular weight excluding hydrogens is 386 g/mol. The average Bonchev–Trinajstić information content (AvgIpc) is 3.42. The number of methoxy groups -OCH3 is 2. The summed E-state index contributed by atoms with van der Waals surface area (Å²) in [5.41, 5.74) is 5.07. The minimum absolute atomic E-state index is 0.0413. The first-order valence-electron chi connectivity index (χ1n) is 9.58. The van der Waals surface area contributed by atoms with Crippen LogP contribution in [0.25, 0.3) is 11.3 Å². The Bertz CT molecular complexity index is 1060. The van der Waals surface area contributed by atoms with Crippen molar-refractivity contribution in [1.29, 1.82) is 0 Å². The molecule has 2 heterocycles. The van der Waals surface area contributed by atoms with E-state index in [1.165, 1.54) is 14.2 Å². The van der Waals surface area contributed by atoms with Gasteiger partial charge in [0.25, 0.3) is 0 Å². The fourth-order valence-electron chi connectivity index (χ4n) is 3.60. The second kappa shape index (κ2) is 8.54. The van der Waals surface area contributed by atoms with Crippen molar-refractivity contribution in [2.45, 2.75) is 12.8 Å². The van der Waals surface area contributed by atoms with Crippen LogP contribution in [0, 0.1) is 0 Å². The van der Waals surface area contributed by atoms with E-state index in [9.17, 15) is 4.79 Å². The number of fused-ring (bicyclic) bond motifs is 1. The predicted octanol–water partition coefficient (Wildman–Crippen LogP) is 2.78. The van der Waals surface area contributed by atoms with E-state index in [4.69, 9.17) is 18.9 Å². The molecule has 0 fully saturated rings. The van der Waals surface area contributed by atoms with Crippen molar-refractivity contribution >= 4 is 5.97 Å². The molecule has 2 aromatic carbocycles. The fourth-order valence-corrected chi connectivity index (χ4v) is 3.60. The number of carbonyl (C=O) groups is 1. The van der Waals surface area contributed by atoms with Crippen molar-refractivity contribution in [3.63, 3.8) is 0 Å². The zero-order valence-corrected chi connectivity index (χ0v) is 17.2. The second-order valence-electron chi connectivity index (χ2n) is 7.01. The van der Waals surface area contributed by atoms with Gasteiger partial charge in [-0.1, -0.05) is 29.5 Å². The quantitative estimate of drug-likeness (QED) is 0.438. The SMILES string of the molecule is COCOc1c(C(=O)OC)cc(Cc2ccc(-c3cn(C)nn3)cc2)c2c1CCO2. The van der Waals surface area contributed by atoms with Crippen molar-refractivity contribution in [3.05, 3.63) is 58.8 Å². The van der Waals surface area contributed by atoms with E-state index in [1.807, 2.05) is 37.5 Å². The number of rotatable bonds is 7. The van der Waals surface area contributed by atoms with Crippen molar-refractivity contribution in [2.75, 3.05) is 27.6 Å². The van der Waals surface area contributed by atoms with E-state index in [1.54, 1.807) is 10.7 Å². The summed E-state index contributed by atoms with van der Waals surface area (Å²) in [6.45, 7) is 0.585. The van der Waals surface area contributed by atoms with E-state index < -0.39 is 5.97 Å². The Morgan fingerprint density at radius 3 is 2.70 bits per heavy atom. The molecule has 1 aromatic heterocycles. The molecule has 3 aromatic rings. The molecule has 0 radical (unpaired) electrons. The van der Waals surface area contributed by atoms with Crippen molar-refractivity contribution in [2.24, 2.45) is 7.05 Å². The predicted molar refractivity (Wildman–Crippen MR) is 109 cm³/mol. The Labute approximate surface area is 174 Å². The minimum Gasteiger partial charge on any atom is -0.493 e. The van der Waals surface area contributed by atoms with Crippen LogP contribution < -0.4 is 9.47 Å². The van der Waals surface area contributed by atoms with Crippen molar-refractivity contribution in [3.8, 4) is 22.8 Å². The van der Waals surface area contributed by atoms with Crippen LogP contribution in [-0.2, 0) is 29.4 Å². The lowest BCUT2D eigenvalue weighted by Gasteiger charge is -2.16. The first-order valence-corrected chi connectivity index (χ1v) is 9.58. The summed E-state index contributed by atoms with van der Waals surface area (Å²) in [4.78, 5) is 12.4. The van der Waals surface area contributed by atoms with Gasteiger partial charge in [0, 0.05) is 38.1 Å². The molecule has 30 heavy (non-hydrogen) atoms. The van der Waals surface area contributed by atoms with Gasteiger partial charge in [-0.2, -0.15) is 0 Å². The maximum atomic E-state index is 12.4. The highest BCUT2D eigenvalue weighted by Crippen LogP contribution is 2.41. The molecule has 0 amide bonds. The number of carbonyl (C=O) groups excluding carboxylic acids is 1. The molecule has 0 saturated carbocycles. The molecule has 156 valence electrons. The van der Waals surface area contributed by atoms with Gasteiger partial charge < -0.3 is 18.9 Å². The number of hydrogen-bond donors (Lipinski definition) is 0. The Morgan fingerprint density at radius 2 is 2.03 bits per heavy atom. The van der Waals surface area contributed by atoms with E-state index in [0.717, 1.165) is 33.7 Å². The van der Waals surface area contributed by atoms with E-state index >= 15 is 0 Å². The number of benzene rings is 2. The van der Waals surface area contributed by atoms with Gasteiger partial charge >= 0.3 is 5.97 Å². The fraction of sp³-hybridized carbons (Fsp3) is 0.318. The molecule has 1 aliphatic rings. The lowest BCUT2D eigenvalue weighted by Crippen LogP contribution is -2.10. The number of nitrogens with zero attached hydrogens (tertiary/aromatic N) is 3. The van der Waals surface area contributed by atoms with Crippen LogP contribution in [0.3, 0.4) is 0 Å². The molecule has 0 spiro atoms. The normalized spacial score (nSPS) is 12.4. The van der Waals surface area contributed by atoms with E-state index in [0.29, 0.717) is 30.8 Å². The molecule has 8 heteroatoms. The van der Waals surface area contributed by atoms with Gasteiger partial charge in [-0.3, -0.25) is 4.68 Å². The third kappa shape index (κ3) is 3.86. The number of ether oxygens (including phenoxy) is 4. The molecule has 0 N–H and O–H groups in total. The molecule has 0 bridgehead atoms. The van der Waals surface area contributed by atoms with Gasteiger partial charge in [-0.25, -0.2) is 4.79 Å². The van der Waals surface area contributed by atoms with E-state index in [-0.39, 0.29) is 6.79 Å². The van der Waals surface area contributed by atoms with Gasteiger partial charge in [0.15, 0.2) is 6.79 Å². The summed E-state index contributed by atoms with van der Waals surface area (Å²) >= 11 is 0. The van der Waals surface area contributed by atoms with Crippen LogP contribution >= 0.6 is 0 Å². The highest BCUT2D eigenvalue weighted by atomic mass is 16.7. The van der Waals surface area contributed by atoms with Gasteiger partial charge in [-0.15, -0.1) is 5.10 Å². The Morgan fingerprint density at radius 1 is 1.23 bits per heavy atom. The Balaban J connectivity index is 1.67. The Kier molecular flexibility index (Phi) is 5.67. The molecule has 1 aliphatic heterocycles. The minimum atomic E-state index is -0.449. The van der Waals surface area contributed by atoms with Crippen LogP contribution in [0.5, 0.6) is 11.5 Å². The van der Waals surface area contributed by atoms with Crippen LogP contribution in [0.1, 0.15) is 27.0 Å². The maximum absolute atomic E-state index is 12.4. The summed E-state index contributed by atoms with van der Waals surface area (Å²) in [7, 11) is 4.73. The summed E-state index contributed by atoms with van der Waals surface area (Å²) in [6, 6.07) is 9.89. The molecule has 8 nitrogen and oxygen atoms in total. The highest BCUT2D eigenvalue weighted by Gasteiger charge is 2.28. The van der Waals surface area contributed by atoms with Crippen molar-refractivity contribution in [1.82, 2.24) is 15.0 Å². The first kappa shape index (κ1) is 19.9. The zero-order valence-electron chi connectivity index (χ0n) is 17.2. The van der Waals surface area contributed by atoms with Crippen LogP contribution in [-0.4, -0.2) is 48.6 Å². The zero-order chi connectivity index (χ0) is 21.1. The lowest BCUT2D eigenvalue weighted by molar-refractivity contribution is 0.0460. The molecule has 0 atom stereocenters. The van der Waals surface area contributed by atoms with Crippen LogP contribution in [0.15, 0.2) is 36.5 Å². The number of esters is 1.